The van der Waals surface area contributed by atoms with Gasteiger partial charge in [-0.2, -0.15) is 0 Å². The van der Waals surface area contributed by atoms with Gasteiger partial charge in [-0.3, -0.25) is 0 Å². The Labute approximate surface area is 134 Å². The van der Waals surface area contributed by atoms with Crippen molar-refractivity contribution >= 4 is 12.7 Å². The first-order valence-electron chi connectivity index (χ1n) is 10.8. The van der Waals surface area contributed by atoms with Crippen LogP contribution in [0.4, 0.5) is 0 Å². The molecule has 2 rings (SSSR count). The van der Waals surface area contributed by atoms with Gasteiger partial charge < -0.3 is 14.0 Å². The largest absolute Gasteiger partial charge is 0.514 e. The van der Waals surface area contributed by atoms with Crippen LogP contribution in [0.3, 0.4) is 0 Å². The highest BCUT2D eigenvalue weighted by Crippen LogP contribution is 2.36. The van der Waals surface area contributed by atoms with E-state index in [4.69, 9.17) is 26.4 Å². The predicted molar refractivity (Wildman–Crippen MR) is 80.3 cm³/mol. The average Bonchev–Trinajstić information content (AvgIpc) is 2.69. The third-order valence-corrected chi connectivity index (χ3v) is 3.50. The summed E-state index contributed by atoms with van der Waals surface area (Å²) in [5.41, 5.74) is -4.61. The van der Waals surface area contributed by atoms with Crippen LogP contribution in [-0.4, -0.2) is 28.9 Å². The number of hydrogen-bond donors (Lipinski definition) is 0. The van der Waals surface area contributed by atoms with Crippen molar-refractivity contribution in [3.8, 4) is 5.88 Å². The van der Waals surface area contributed by atoms with Crippen molar-refractivity contribution in [3.63, 3.8) is 0 Å². The van der Waals surface area contributed by atoms with E-state index in [9.17, 15) is 0 Å². The van der Waals surface area contributed by atoms with Gasteiger partial charge in [-0.15, -0.1) is 0 Å². The lowest BCUT2D eigenvalue weighted by molar-refractivity contribution is 0.00578. The zero-order chi connectivity index (χ0) is 22.7. The molecule has 1 aliphatic heterocycles. The summed E-state index contributed by atoms with van der Waals surface area (Å²) in [5, 5.41) is 0. The molecule has 0 N–H and O–H groups in total. The fraction of sp³-hybridized carbons (Fsp3) is 0.667. The van der Waals surface area contributed by atoms with Gasteiger partial charge in [0, 0.05) is 18.4 Å². The number of nitrogens with zero attached hydrogens (tertiary/aromatic N) is 1. The van der Waals surface area contributed by atoms with Gasteiger partial charge in [-0.05, 0) is 54.3 Å². The molecule has 110 valence electrons. The van der Waals surface area contributed by atoms with Gasteiger partial charge in [0.05, 0.1) is 16.8 Å². The van der Waals surface area contributed by atoms with Crippen LogP contribution in [0, 0.1) is 0 Å². The van der Waals surface area contributed by atoms with Crippen LogP contribution in [0.5, 0.6) is 5.88 Å². The molecule has 0 atom stereocenters. The van der Waals surface area contributed by atoms with Gasteiger partial charge in [0.25, 0.3) is 0 Å². The van der Waals surface area contributed by atoms with E-state index in [2.05, 4.69) is 4.98 Å². The Morgan fingerprint density at radius 2 is 1.75 bits per heavy atom. The lowest BCUT2D eigenvalue weighted by Gasteiger charge is -2.32. The monoisotopic (exact) mass is 286 g/mol. The molecule has 0 aliphatic carbocycles. The van der Waals surface area contributed by atoms with E-state index < -0.39 is 50.4 Å². The Morgan fingerprint density at radius 1 is 1.15 bits per heavy atom. The van der Waals surface area contributed by atoms with Crippen LogP contribution >= 0.6 is 0 Å². The summed E-state index contributed by atoms with van der Waals surface area (Å²) < 4.78 is 85.6. The number of hydrogen-bond acceptors (Lipinski definition) is 4. The predicted octanol–water partition coefficient (Wildman–Crippen LogP) is 2.56. The Kier molecular flexibility index (Phi) is 1.72. The molecule has 0 bridgehead atoms. The van der Waals surface area contributed by atoms with Crippen molar-refractivity contribution < 1.29 is 26.4 Å². The van der Waals surface area contributed by atoms with Crippen LogP contribution in [0.2, 0.25) is 0 Å². The van der Waals surface area contributed by atoms with Crippen molar-refractivity contribution in [3.05, 3.63) is 18.2 Å². The van der Waals surface area contributed by atoms with Crippen LogP contribution < -0.4 is 10.3 Å². The number of rotatable bonds is 2. The maximum Gasteiger partial charge on any atom is 0.514 e. The Bertz CT molecular complexity index is 707. The van der Waals surface area contributed by atoms with Crippen molar-refractivity contribution in [2.45, 2.75) is 65.1 Å². The summed E-state index contributed by atoms with van der Waals surface area (Å²) in [5.74, 6) is -0.472. The second kappa shape index (κ2) is 4.74. The lowest BCUT2D eigenvalue weighted by Crippen LogP contribution is -2.41. The van der Waals surface area contributed by atoms with E-state index in [1.54, 1.807) is 0 Å². The minimum absolute atomic E-state index is 0.191. The number of aromatic nitrogens is 1. The first kappa shape index (κ1) is 7.27. The molecule has 0 amide bonds. The molecule has 1 aromatic heterocycles. The topological polar surface area (TPSA) is 40.6 Å². The fourth-order valence-corrected chi connectivity index (χ4v) is 1.74. The van der Waals surface area contributed by atoms with E-state index >= 15 is 0 Å². The Morgan fingerprint density at radius 3 is 2.30 bits per heavy atom. The Hall–Kier alpha value is -1.07. The highest BCUT2D eigenvalue weighted by atomic mass is 16.7. The molecule has 1 aliphatic rings. The normalized spacial score (nSPS) is 29.6. The molecule has 0 radical (unpaired) electrons. The van der Waals surface area contributed by atoms with E-state index in [-0.39, 0.29) is 5.59 Å². The average molecular weight is 286 g/mol. The molecule has 1 fully saturated rings. The van der Waals surface area contributed by atoms with Crippen LogP contribution in [0.15, 0.2) is 18.2 Å². The van der Waals surface area contributed by atoms with Crippen LogP contribution in [-0.2, 0) is 9.31 Å². The highest BCUT2D eigenvalue weighted by Gasteiger charge is 2.52. The van der Waals surface area contributed by atoms with Crippen molar-refractivity contribution in [2.24, 2.45) is 0 Å². The van der Waals surface area contributed by atoms with E-state index in [1.807, 2.05) is 27.7 Å². The van der Waals surface area contributed by atoms with Gasteiger partial charge in [0.2, 0.25) is 5.88 Å². The van der Waals surface area contributed by atoms with E-state index in [1.165, 1.54) is 18.2 Å². The zero-order valence-corrected chi connectivity index (χ0v) is 12.0. The van der Waals surface area contributed by atoms with E-state index in [0.29, 0.717) is 0 Å². The zero-order valence-electron chi connectivity index (χ0n) is 21.0. The lowest BCUT2D eigenvalue weighted by atomic mass is 9.84. The van der Waals surface area contributed by atoms with Crippen molar-refractivity contribution in [1.82, 2.24) is 4.98 Å². The summed E-state index contributed by atoms with van der Waals surface area (Å²) in [6.45, 7) is -3.17. The fourth-order valence-electron chi connectivity index (χ4n) is 1.74. The van der Waals surface area contributed by atoms with Gasteiger partial charge in [-0.1, -0.05) is 6.07 Å². The maximum absolute atomic E-state index is 7.63. The molecule has 20 heavy (non-hydrogen) atoms. The summed E-state index contributed by atoms with van der Waals surface area (Å²) >= 11 is 0. The summed E-state index contributed by atoms with van der Waals surface area (Å²) in [6, 6.07) is 4.13. The SMILES string of the molecule is [2H]C([2H])([2H])C(Oc1cccc(B2OC(C)(C)C(C)(C)O2)n1)(C([2H])([2H])[2H])C([2H])([2H])[2H]. The number of pyridine rings is 1. The first-order valence-corrected chi connectivity index (χ1v) is 6.27. The summed E-state index contributed by atoms with van der Waals surface area (Å²) in [7, 11) is -0.925. The molecule has 0 aromatic carbocycles. The Balaban J connectivity index is 2.49. The molecule has 0 saturated carbocycles. The third-order valence-electron chi connectivity index (χ3n) is 3.50. The van der Waals surface area contributed by atoms with Crippen LogP contribution in [0.25, 0.3) is 0 Å². The van der Waals surface area contributed by atoms with Gasteiger partial charge in [0.15, 0.2) is 0 Å². The molecule has 5 heteroatoms. The van der Waals surface area contributed by atoms with E-state index in [0.717, 1.165) is 0 Å². The van der Waals surface area contributed by atoms with Gasteiger partial charge in [0.1, 0.15) is 5.60 Å². The van der Waals surface area contributed by atoms with Crippen molar-refractivity contribution in [2.75, 3.05) is 0 Å². The summed E-state index contributed by atoms with van der Waals surface area (Å²) in [4.78, 5) is 4.09. The van der Waals surface area contributed by atoms with Crippen LogP contribution in [0.1, 0.15) is 60.6 Å². The molecule has 0 spiro atoms. The molecular formula is C15H24BNO3. The highest BCUT2D eigenvalue weighted by molar-refractivity contribution is 6.61. The second-order valence-electron chi connectivity index (χ2n) is 5.77. The first-order chi connectivity index (χ1) is 12.8. The number of ether oxygens (including phenoxy) is 1. The third kappa shape index (κ3) is 3.15. The minimum Gasteiger partial charge on any atom is -0.472 e. The quantitative estimate of drug-likeness (QED) is 0.783. The molecular weight excluding hydrogens is 253 g/mol. The maximum atomic E-state index is 7.63. The molecule has 1 aromatic rings. The van der Waals surface area contributed by atoms with Gasteiger partial charge >= 0.3 is 7.12 Å². The minimum atomic E-state index is -3.49. The second-order valence-corrected chi connectivity index (χ2v) is 5.77. The summed E-state index contributed by atoms with van der Waals surface area (Å²) in [6.07, 6.45) is 0. The van der Waals surface area contributed by atoms with Gasteiger partial charge in [-0.25, -0.2) is 4.98 Å². The standard InChI is InChI=1S/C15H24BNO3/c1-13(2,3)18-12-10-8-9-11(17-12)16-19-14(4,5)15(6,7)20-16/h8-10H,1-7H3/i1D3,2D3,3D3. The molecule has 1 saturated heterocycles. The van der Waals surface area contributed by atoms with Crippen molar-refractivity contribution in [1.29, 1.82) is 0 Å². The smallest absolute Gasteiger partial charge is 0.472 e. The molecule has 0 unspecified atom stereocenters. The molecule has 4 nitrogen and oxygen atoms in total. The molecule has 2 heterocycles.